The maximum Gasteiger partial charge on any atom is 0.253 e. The van der Waals surface area contributed by atoms with E-state index in [2.05, 4.69) is 10.5 Å². The monoisotopic (exact) mass is 369 g/mol. The summed E-state index contributed by atoms with van der Waals surface area (Å²) >= 11 is 0. The number of hydrogen-bond acceptors (Lipinski definition) is 4. The first-order valence-electron chi connectivity index (χ1n) is 8.70. The number of carbonyl (C=O) groups is 2. The summed E-state index contributed by atoms with van der Waals surface area (Å²) in [6, 6.07) is 11.9. The fraction of sp³-hybridized carbons (Fsp3) is 0.250. The first kappa shape index (κ1) is 18.6. The van der Waals surface area contributed by atoms with Gasteiger partial charge in [0.15, 0.2) is 0 Å². The predicted molar refractivity (Wildman–Crippen MR) is 98.9 cm³/mol. The summed E-state index contributed by atoms with van der Waals surface area (Å²) in [7, 11) is 0. The number of halogens is 1. The number of aromatic hydroxyl groups is 1. The van der Waals surface area contributed by atoms with Gasteiger partial charge in [0.25, 0.3) is 5.91 Å². The molecule has 1 aliphatic rings. The Morgan fingerprint density at radius 1 is 1.07 bits per heavy atom. The highest BCUT2D eigenvalue weighted by Crippen LogP contribution is 2.19. The summed E-state index contributed by atoms with van der Waals surface area (Å²) in [5.74, 6) is -0.759. The molecule has 140 valence electrons. The van der Waals surface area contributed by atoms with E-state index in [1.54, 1.807) is 17.0 Å². The molecular weight excluding hydrogens is 349 g/mol. The van der Waals surface area contributed by atoms with Crippen molar-refractivity contribution >= 4 is 18.0 Å². The molecule has 27 heavy (non-hydrogen) atoms. The molecule has 0 aromatic heterocycles. The molecule has 2 aromatic carbocycles. The highest BCUT2D eigenvalue weighted by atomic mass is 19.1. The first-order valence-corrected chi connectivity index (χ1v) is 8.70. The maximum atomic E-state index is 13.0. The van der Waals surface area contributed by atoms with E-state index in [9.17, 15) is 19.1 Å². The molecule has 0 unspecified atom stereocenters. The smallest absolute Gasteiger partial charge is 0.253 e. The molecule has 0 radical (unpaired) electrons. The van der Waals surface area contributed by atoms with Gasteiger partial charge in [0, 0.05) is 24.6 Å². The van der Waals surface area contributed by atoms with Gasteiger partial charge < -0.3 is 10.0 Å². The lowest BCUT2D eigenvalue weighted by Gasteiger charge is -2.31. The van der Waals surface area contributed by atoms with Gasteiger partial charge >= 0.3 is 0 Å². The van der Waals surface area contributed by atoms with Crippen LogP contribution in [0.15, 0.2) is 53.6 Å². The molecule has 0 spiro atoms. The van der Waals surface area contributed by atoms with Crippen LogP contribution in [0, 0.1) is 11.7 Å². The summed E-state index contributed by atoms with van der Waals surface area (Å²) in [6.45, 7) is 0.936. The lowest BCUT2D eigenvalue weighted by atomic mass is 9.95. The van der Waals surface area contributed by atoms with Crippen LogP contribution in [0.4, 0.5) is 4.39 Å². The fourth-order valence-corrected chi connectivity index (χ4v) is 2.94. The van der Waals surface area contributed by atoms with Crippen molar-refractivity contribution in [3.05, 3.63) is 65.5 Å². The lowest BCUT2D eigenvalue weighted by molar-refractivity contribution is -0.126. The van der Waals surface area contributed by atoms with Crippen LogP contribution in [-0.2, 0) is 4.79 Å². The number of nitrogens with zero attached hydrogens (tertiary/aromatic N) is 2. The van der Waals surface area contributed by atoms with Crippen LogP contribution in [0.5, 0.6) is 5.75 Å². The Kier molecular flexibility index (Phi) is 5.80. The Morgan fingerprint density at radius 3 is 2.33 bits per heavy atom. The van der Waals surface area contributed by atoms with Gasteiger partial charge in [-0.15, -0.1) is 0 Å². The predicted octanol–water partition coefficient (Wildman–Crippen LogP) is 2.53. The van der Waals surface area contributed by atoms with E-state index >= 15 is 0 Å². The number of rotatable bonds is 4. The fourth-order valence-electron chi connectivity index (χ4n) is 2.94. The molecule has 2 aromatic rings. The van der Waals surface area contributed by atoms with E-state index in [-0.39, 0.29) is 29.3 Å². The number of piperidine rings is 1. The van der Waals surface area contributed by atoms with Gasteiger partial charge in [-0.1, -0.05) is 0 Å². The van der Waals surface area contributed by atoms with E-state index in [4.69, 9.17) is 0 Å². The number of carbonyl (C=O) groups excluding carboxylic acids is 2. The van der Waals surface area contributed by atoms with Crippen LogP contribution in [0.1, 0.15) is 28.8 Å². The molecule has 7 heteroatoms. The number of hydrogen-bond donors (Lipinski definition) is 2. The Balaban J connectivity index is 1.48. The summed E-state index contributed by atoms with van der Waals surface area (Å²) in [5, 5.41) is 13.2. The van der Waals surface area contributed by atoms with Crippen molar-refractivity contribution in [1.29, 1.82) is 0 Å². The summed E-state index contributed by atoms with van der Waals surface area (Å²) in [4.78, 5) is 26.3. The molecule has 1 saturated heterocycles. The van der Waals surface area contributed by atoms with E-state index in [1.165, 1.54) is 42.6 Å². The highest BCUT2D eigenvalue weighted by Gasteiger charge is 2.27. The third-order valence-electron chi connectivity index (χ3n) is 4.53. The largest absolute Gasteiger partial charge is 0.508 e. The van der Waals surface area contributed by atoms with Gasteiger partial charge in [0.2, 0.25) is 5.91 Å². The molecule has 1 aliphatic heterocycles. The topological polar surface area (TPSA) is 82.0 Å². The highest BCUT2D eigenvalue weighted by molar-refractivity contribution is 5.94. The zero-order valence-electron chi connectivity index (χ0n) is 14.6. The molecule has 2 amide bonds. The summed E-state index contributed by atoms with van der Waals surface area (Å²) in [5.41, 5.74) is 3.72. The number of benzene rings is 2. The van der Waals surface area contributed by atoms with Crippen LogP contribution in [0.2, 0.25) is 0 Å². The zero-order chi connectivity index (χ0) is 19.2. The number of phenols is 1. The average Bonchev–Trinajstić information content (AvgIpc) is 2.69. The molecule has 1 fully saturated rings. The quantitative estimate of drug-likeness (QED) is 0.642. The van der Waals surface area contributed by atoms with Gasteiger partial charge in [-0.05, 0) is 66.9 Å². The molecule has 0 atom stereocenters. The van der Waals surface area contributed by atoms with Crippen LogP contribution in [0.25, 0.3) is 0 Å². The van der Waals surface area contributed by atoms with Crippen LogP contribution in [0.3, 0.4) is 0 Å². The van der Waals surface area contributed by atoms with Crippen LogP contribution < -0.4 is 5.43 Å². The number of phenolic OH excluding ortho intramolecular Hbond substituents is 1. The molecule has 0 saturated carbocycles. The molecule has 1 heterocycles. The summed E-state index contributed by atoms with van der Waals surface area (Å²) in [6.07, 6.45) is 2.60. The number of likely N-dealkylation sites (tertiary alicyclic amines) is 1. The Morgan fingerprint density at radius 2 is 1.70 bits per heavy atom. The first-order chi connectivity index (χ1) is 13.0. The van der Waals surface area contributed by atoms with E-state index < -0.39 is 0 Å². The Labute approximate surface area is 156 Å². The number of nitrogens with one attached hydrogen (secondary N) is 1. The second-order valence-electron chi connectivity index (χ2n) is 6.40. The second kappa shape index (κ2) is 8.44. The third-order valence-corrected chi connectivity index (χ3v) is 4.53. The van der Waals surface area contributed by atoms with Crippen molar-refractivity contribution < 1.29 is 19.1 Å². The van der Waals surface area contributed by atoms with E-state index in [0.29, 0.717) is 31.5 Å². The van der Waals surface area contributed by atoms with Crippen LogP contribution in [-0.4, -0.2) is 41.1 Å². The minimum absolute atomic E-state index is 0.154. The summed E-state index contributed by atoms with van der Waals surface area (Å²) < 4.78 is 13.0. The van der Waals surface area contributed by atoms with Crippen molar-refractivity contribution in [2.75, 3.05) is 13.1 Å². The minimum Gasteiger partial charge on any atom is -0.508 e. The zero-order valence-corrected chi connectivity index (χ0v) is 14.6. The standard InChI is InChI=1S/C20H20FN3O3/c21-17-5-3-16(4-6-17)20(27)24-11-9-15(10-12-24)19(26)23-22-13-14-1-7-18(25)8-2-14/h1-8,13,15,25H,9-12H2,(H,23,26)/b22-13-. The molecule has 0 bridgehead atoms. The maximum absolute atomic E-state index is 13.0. The van der Waals surface area contributed by atoms with Crippen molar-refractivity contribution in [2.24, 2.45) is 11.0 Å². The number of amides is 2. The SMILES string of the molecule is O=C(N/N=C\c1ccc(O)cc1)C1CCN(C(=O)c2ccc(F)cc2)CC1. The average molecular weight is 369 g/mol. The number of hydrazone groups is 1. The van der Waals surface area contributed by atoms with E-state index in [1.807, 2.05) is 0 Å². The Hall–Kier alpha value is -3.22. The van der Waals surface area contributed by atoms with E-state index in [0.717, 1.165) is 5.56 Å². The van der Waals surface area contributed by atoms with Gasteiger partial charge in [0.1, 0.15) is 11.6 Å². The molecule has 2 N–H and O–H groups in total. The normalized spacial score (nSPS) is 15.1. The van der Waals surface area contributed by atoms with Crippen LogP contribution >= 0.6 is 0 Å². The van der Waals surface area contributed by atoms with Crippen molar-refractivity contribution in [1.82, 2.24) is 10.3 Å². The molecule has 6 nitrogen and oxygen atoms in total. The molecule has 3 rings (SSSR count). The van der Waals surface area contributed by atoms with Gasteiger partial charge in [0.05, 0.1) is 6.21 Å². The minimum atomic E-state index is -0.380. The molecule has 0 aliphatic carbocycles. The third kappa shape index (κ3) is 4.91. The van der Waals surface area contributed by atoms with Crippen molar-refractivity contribution in [3.8, 4) is 5.75 Å². The lowest BCUT2D eigenvalue weighted by Crippen LogP contribution is -2.42. The second-order valence-corrected chi connectivity index (χ2v) is 6.40. The van der Waals surface area contributed by atoms with Gasteiger partial charge in [-0.2, -0.15) is 5.10 Å². The van der Waals surface area contributed by atoms with Crippen molar-refractivity contribution in [3.63, 3.8) is 0 Å². The molecular formula is C20H20FN3O3. The van der Waals surface area contributed by atoms with Gasteiger partial charge in [-0.3, -0.25) is 9.59 Å². The van der Waals surface area contributed by atoms with Crippen molar-refractivity contribution in [2.45, 2.75) is 12.8 Å². The van der Waals surface area contributed by atoms with Gasteiger partial charge in [-0.25, -0.2) is 9.82 Å². The Bertz CT molecular complexity index is 827.